The first-order valence-electron chi connectivity index (χ1n) is 7.27. The standard InChI is InChI=1S/C16H27NO2/c1-3-10-16(18,4-2)13-19-15-9-5-7-14(12-15)8-6-11-17/h5,7,9,12,18H,3-4,6,8,10-11,13,17H2,1-2H3. The summed E-state index contributed by atoms with van der Waals surface area (Å²) < 4.78 is 5.75. The molecule has 1 unspecified atom stereocenters. The highest BCUT2D eigenvalue weighted by Crippen LogP contribution is 2.21. The first kappa shape index (κ1) is 16.0. The van der Waals surface area contributed by atoms with Crippen molar-refractivity contribution in [2.45, 2.75) is 51.6 Å². The van der Waals surface area contributed by atoms with Gasteiger partial charge in [0.1, 0.15) is 12.4 Å². The second-order valence-corrected chi connectivity index (χ2v) is 5.16. The van der Waals surface area contributed by atoms with Crippen molar-refractivity contribution in [3.8, 4) is 5.75 Å². The third kappa shape index (κ3) is 5.62. The maximum atomic E-state index is 10.4. The van der Waals surface area contributed by atoms with E-state index in [0.717, 1.165) is 31.4 Å². The lowest BCUT2D eigenvalue weighted by atomic mass is 9.96. The Balaban J connectivity index is 2.56. The highest BCUT2D eigenvalue weighted by atomic mass is 16.5. The number of rotatable bonds is 9. The molecule has 1 aromatic carbocycles. The van der Waals surface area contributed by atoms with Crippen molar-refractivity contribution in [3.05, 3.63) is 29.8 Å². The van der Waals surface area contributed by atoms with Gasteiger partial charge in [0.15, 0.2) is 0 Å². The number of hydrogen-bond acceptors (Lipinski definition) is 3. The summed E-state index contributed by atoms with van der Waals surface area (Å²) in [5, 5.41) is 10.4. The van der Waals surface area contributed by atoms with E-state index >= 15 is 0 Å². The molecule has 0 bridgehead atoms. The Bertz CT molecular complexity index is 368. The molecular weight excluding hydrogens is 238 g/mol. The summed E-state index contributed by atoms with van der Waals surface area (Å²) in [5.74, 6) is 0.831. The van der Waals surface area contributed by atoms with Crippen molar-refractivity contribution in [1.82, 2.24) is 0 Å². The first-order valence-corrected chi connectivity index (χ1v) is 7.27. The first-order chi connectivity index (χ1) is 9.13. The van der Waals surface area contributed by atoms with Crippen LogP contribution in [-0.2, 0) is 6.42 Å². The van der Waals surface area contributed by atoms with Gasteiger partial charge in [-0.25, -0.2) is 0 Å². The minimum atomic E-state index is -0.706. The van der Waals surface area contributed by atoms with Gasteiger partial charge in [-0.3, -0.25) is 0 Å². The zero-order chi connectivity index (χ0) is 14.1. The van der Waals surface area contributed by atoms with Gasteiger partial charge in [-0.1, -0.05) is 32.4 Å². The van der Waals surface area contributed by atoms with Crippen LogP contribution in [0.1, 0.15) is 45.1 Å². The highest BCUT2D eigenvalue weighted by molar-refractivity contribution is 5.28. The number of aryl methyl sites for hydroxylation is 1. The van der Waals surface area contributed by atoms with Crippen molar-refractivity contribution < 1.29 is 9.84 Å². The molecule has 3 nitrogen and oxygen atoms in total. The Kier molecular flexibility index (Phi) is 6.89. The van der Waals surface area contributed by atoms with E-state index in [9.17, 15) is 5.11 Å². The van der Waals surface area contributed by atoms with E-state index in [0.29, 0.717) is 19.6 Å². The van der Waals surface area contributed by atoms with Crippen LogP contribution < -0.4 is 10.5 Å². The number of ether oxygens (including phenoxy) is 1. The van der Waals surface area contributed by atoms with E-state index in [1.165, 1.54) is 5.56 Å². The molecule has 0 spiro atoms. The quantitative estimate of drug-likeness (QED) is 0.722. The second kappa shape index (κ2) is 8.18. The number of benzene rings is 1. The van der Waals surface area contributed by atoms with Gasteiger partial charge in [0, 0.05) is 0 Å². The molecule has 0 amide bonds. The summed E-state index contributed by atoms with van der Waals surface area (Å²) in [4.78, 5) is 0. The second-order valence-electron chi connectivity index (χ2n) is 5.16. The monoisotopic (exact) mass is 265 g/mol. The fourth-order valence-electron chi connectivity index (χ4n) is 2.13. The Hall–Kier alpha value is -1.06. The van der Waals surface area contributed by atoms with Crippen LogP contribution in [0.15, 0.2) is 24.3 Å². The molecule has 0 radical (unpaired) electrons. The lowest BCUT2D eigenvalue weighted by molar-refractivity contribution is -0.0158. The maximum absolute atomic E-state index is 10.4. The fourth-order valence-corrected chi connectivity index (χ4v) is 2.13. The molecule has 19 heavy (non-hydrogen) atoms. The normalized spacial score (nSPS) is 14.1. The molecule has 0 aliphatic heterocycles. The average Bonchev–Trinajstić information content (AvgIpc) is 2.44. The third-order valence-electron chi connectivity index (χ3n) is 3.45. The van der Waals surface area contributed by atoms with Gasteiger partial charge in [-0.05, 0) is 49.9 Å². The molecule has 1 atom stereocenters. The lowest BCUT2D eigenvalue weighted by Gasteiger charge is -2.26. The maximum Gasteiger partial charge on any atom is 0.119 e. The van der Waals surface area contributed by atoms with E-state index < -0.39 is 5.60 Å². The van der Waals surface area contributed by atoms with Crippen LogP contribution in [0.4, 0.5) is 0 Å². The molecule has 1 rings (SSSR count). The van der Waals surface area contributed by atoms with Crippen LogP contribution in [0.25, 0.3) is 0 Å². The number of nitrogens with two attached hydrogens (primary N) is 1. The summed E-state index contributed by atoms with van der Waals surface area (Å²) in [5.41, 5.74) is 6.05. The van der Waals surface area contributed by atoms with Gasteiger partial charge in [0.25, 0.3) is 0 Å². The van der Waals surface area contributed by atoms with Crippen molar-refractivity contribution in [1.29, 1.82) is 0 Å². The topological polar surface area (TPSA) is 55.5 Å². The molecule has 0 aliphatic rings. The van der Waals surface area contributed by atoms with Crippen LogP contribution in [0.2, 0.25) is 0 Å². The molecule has 3 heteroatoms. The van der Waals surface area contributed by atoms with Gasteiger partial charge in [0.05, 0.1) is 5.60 Å². The molecule has 108 valence electrons. The average molecular weight is 265 g/mol. The summed E-state index contributed by atoms with van der Waals surface area (Å²) in [6.45, 7) is 5.14. The Morgan fingerprint density at radius 1 is 1.32 bits per heavy atom. The molecule has 0 heterocycles. The number of aliphatic hydroxyl groups is 1. The van der Waals surface area contributed by atoms with E-state index in [2.05, 4.69) is 13.0 Å². The molecule has 0 saturated carbocycles. The van der Waals surface area contributed by atoms with Gasteiger partial charge < -0.3 is 15.6 Å². The Morgan fingerprint density at radius 2 is 2.11 bits per heavy atom. The van der Waals surface area contributed by atoms with Gasteiger partial charge in [0.2, 0.25) is 0 Å². The third-order valence-corrected chi connectivity index (χ3v) is 3.45. The van der Waals surface area contributed by atoms with Crippen molar-refractivity contribution in [2.75, 3.05) is 13.2 Å². The Morgan fingerprint density at radius 3 is 2.74 bits per heavy atom. The zero-order valence-corrected chi connectivity index (χ0v) is 12.2. The molecular formula is C16H27NO2. The minimum Gasteiger partial charge on any atom is -0.491 e. The van der Waals surface area contributed by atoms with Crippen LogP contribution in [0.3, 0.4) is 0 Å². The zero-order valence-electron chi connectivity index (χ0n) is 12.2. The highest BCUT2D eigenvalue weighted by Gasteiger charge is 2.24. The van der Waals surface area contributed by atoms with Gasteiger partial charge in [-0.15, -0.1) is 0 Å². The fraction of sp³-hybridized carbons (Fsp3) is 0.625. The predicted octanol–water partition coefficient (Wildman–Crippen LogP) is 2.90. The number of hydrogen-bond donors (Lipinski definition) is 2. The van der Waals surface area contributed by atoms with E-state index in [1.54, 1.807) is 0 Å². The van der Waals surface area contributed by atoms with Crippen LogP contribution in [0, 0.1) is 0 Å². The van der Waals surface area contributed by atoms with E-state index in [1.807, 2.05) is 25.1 Å². The molecule has 0 aromatic heterocycles. The summed E-state index contributed by atoms with van der Waals surface area (Å²) in [7, 11) is 0. The molecule has 0 fully saturated rings. The van der Waals surface area contributed by atoms with Crippen LogP contribution in [-0.4, -0.2) is 23.9 Å². The van der Waals surface area contributed by atoms with E-state index in [4.69, 9.17) is 10.5 Å². The summed E-state index contributed by atoms with van der Waals surface area (Å²) >= 11 is 0. The largest absolute Gasteiger partial charge is 0.491 e. The van der Waals surface area contributed by atoms with Crippen LogP contribution >= 0.6 is 0 Å². The van der Waals surface area contributed by atoms with Crippen molar-refractivity contribution in [2.24, 2.45) is 5.73 Å². The summed E-state index contributed by atoms with van der Waals surface area (Å²) in [6.07, 6.45) is 4.41. The molecule has 3 N–H and O–H groups in total. The molecule has 1 aromatic rings. The SMILES string of the molecule is CCCC(O)(CC)COc1cccc(CCCN)c1. The predicted molar refractivity (Wildman–Crippen MR) is 79.5 cm³/mol. The van der Waals surface area contributed by atoms with Gasteiger partial charge >= 0.3 is 0 Å². The van der Waals surface area contributed by atoms with Crippen molar-refractivity contribution >= 4 is 0 Å². The van der Waals surface area contributed by atoms with Crippen molar-refractivity contribution in [3.63, 3.8) is 0 Å². The van der Waals surface area contributed by atoms with Crippen LogP contribution in [0.5, 0.6) is 5.75 Å². The smallest absolute Gasteiger partial charge is 0.119 e. The summed E-state index contributed by atoms with van der Waals surface area (Å²) in [6, 6.07) is 8.05. The Labute approximate surface area is 116 Å². The molecule has 0 saturated heterocycles. The lowest BCUT2D eigenvalue weighted by Crippen LogP contribution is -2.35. The minimum absolute atomic E-state index is 0.359. The van der Waals surface area contributed by atoms with E-state index in [-0.39, 0.29) is 0 Å². The van der Waals surface area contributed by atoms with Gasteiger partial charge in [-0.2, -0.15) is 0 Å². The molecule has 0 aliphatic carbocycles.